The minimum Gasteiger partial charge on any atom is -0.385 e. The third-order valence-electron chi connectivity index (χ3n) is 4.56. The molecule has 3 rings (SSSR count). The number of carbonyl (C=O) groups is 1. The van der Waals surface area contributed by atoms with Gasteiger partial charge >= 0.3 is 0 Å². The maximum Gasteiger partial charge on any atom is 0.230 e. The van der Waals surface area contributed by atoms with Gasteiger partial charge in [-0.05, 0) is 18.4 Å². The number of thioether (sulfide) groups is 1. The van der Waals surface area contributed by atoms with Crippen molar-refractivity contribution >= 4 is 17.7 Å². The van der Waals surface area contributed by atoms with Crippen LogP contribution >= 0.6 is 11.8 Å². The molecule has 1 aromatic heterocycles. The number of H-pyrrole nitrogens is 1. The fourth-order valence-electron chi connectivity index (χ4n) is 2.93. The third kappa shape index (κ3) is 5.95. The van der Waals surface area contributed by atoms with Crippen LogP contribution in [-0.4, -0.2) is 41.9 Å². The van der Waals surface area contributed by atoms with Crippen molar-refractivity contribution in [2.45, 2.75) is 24.8 Å². The fourth-order valence-corrected chi connectivity index (χ4v) is 3.77. The van der Waals surface area contributed by atoms with E-state index in [0.29, 0.717) is 18.9 Å². The van der Waals surface area contributed by atoms with Crippen molar-refractivity contribution in [1.29, 1.82) is 0 Å². The van der Waals surface area contributed by atoms with E-state index < -0.39 is 0 Å². The average molecular weight is 410 g/mol. The zero-order valence-corrected chi connectivity index (χ0v) is 17.7. The molecule has 0 radical (unpaired) electrons. The first-order valence-electron chi connectivity index (χ1n) is 9.84. The number of benzene rings is 2. The van der Waals surface area contributed by atoms with Gasteiger partial charge in [0.05, 0.1) is 11.4 Å². The van der Waals surface area contributed by atoms with Crippen molar-refractivity contribution < 1.29 is 9.53 Å². The number of carbonyl (C=O) groups excluding carboxylic acids is 1. The summed E-state index contributed by atoms with van der Waals surface area (Å²) in [5.41, 5.74) is 4.33. The van der Waals surface area contributed by atoms with Crippen molar-refractivity contribution in [3.8, 4) is 22.6 Å². The number of amides is 1. The predicted octanol–water partition coefficient (Wildman–Crippen LogP) is 4.55. The SMILES string of the molecule is CCc1ccc(-c2nc(SCC(=O)NCCCOC)c(-c3ccccc3)[nH]2)cc1. The Labute approximate surface area is 176 Å². The number of hydrogen-bond donors (Lipinski definition) is 2. The summed E-state index contributed by atoms with van der Waals surface area (Å²) in [6, 6.07) is 18.5. The molecule has 0 saturated heterocycles. The number of nitrogens with zero attached hydrogens (tertiary/aromatic N) is 1. The lowest BCUT2D eigenvalue weighted by molar-refractivity contribution is -0.118. The number of aryl methyl sites for hydroxylation is 1. The Morgan fingerprint density at radius 2 is 1.86 bits per heavy atom. The van der Waals surface area contributed by atoms with E-state index in [-0.39, 0.29) is 5.91 Å². The molecule has 0 aliphatic heterocycles. The van der Waals surface area contributed by atoms with Gasteiger partial charge < -0.3 is 15.0 Å². The highest BCUT2D eigenvalue weighted by Crippen LogP contribution is 2.32. The first-order valence-corrected chi connectivity index (χ1v) is 10.8. The number of methoxy groups -OCH3 is 1. The molecule has 0 unspecified atom stereocenters. The number of imidazole rings is 1. The summed E-state index contributed by atoms with van der Waals surface area (Å²) in [6.07, 6.45) is 1.82. The molecular weight excluding hydrogens is 382 g/mol. The Hall–Kier alpha value is -2.57. The van der Waals surface area contributed by atoms with Gasteiger partial charge in [-0.25, -0.2) is 4.98 Å². The number of rotatable bonds is 10. The summed E-state index contributed by atoms with van der Waals surface area (Å²) in [5, 5.41) is 3.75. The molecule has 3 aromatic rings. The van der Waals surface area contributed by atoms with Gasteiger partial charge in [-0.3, -0.25) is 4.79 Å². The van der Waals surface area contributed by atoms with Crippen molar-refractivity contribution in [3.63, 3.8) is 0 Å². The minimum atomic E-state index is 0.00182. The number of aromatic amines is 1. The second-order valence-electron chi connectivity index (χ2n) is 6.67. The highest BCUT2D eigenvalue weighted by atomic mass is 32.2. The lowest BCUT2D eigenvalue weighted by Crippen LogP contribution is -2.26. The lowest BCUT2D eigenvalue weighted by atomic mass is 10.1. The maximum absolute atomic E-state index is 12.2. The van der Waals surface area contributed by atoms with E-state index in [4.69, 9.17) is 9.72 Å². The van der Waals surface area contributed by atoms with Crippen LogP contribution in [0.15, 0.2) is 59.6 Å². The van der Waals surface area contributed by atoms with E-state index >= 15 is 0 Å². The van der Waals surface area contributed by atoms with Crippen LogP contribution in [0.25, 0.3) is 22.6 Å². The summed E-state index contributed by atoms with van der Waals surface area (Å²) < 4.78 is 5.01. The van der Waals surface area contributed by atoms with Gasteiger partial charge in [-0.1, -0.05) is 73.3 Å². The Morgan fingerprint density at radius 1 is 1.10 bits per heavy atom. The van der Waals surface area contributed by atoms with Crippen LogP contribution in [-0.2, 0) is 16.0 Å². The summed E-state index contributed by atoms with van der Waals surface area (Å²) in [6.45, 7) is 3.41. The van der Waals surface area contributed by atoms with Crippen LogP contribution in [0.1, 0.15) is 18.9 Å². The molecule has 6 heteroatoms. The summed E-state index contributed by atoms with van der Waals surface area (Å²) in [4.78, 5) is 20.4. The molecule has 0 bridgehead atoms. The molecule has 0 spiro atoms. The van der Waals surface area contributed by atoms with Gasteiger partial charge in [0.15, 0.2) is 0 Å². The molecule has 152 valence electrons. The molecule has 2 N–H and O–H groups in total. The quantitative estimate of drug-likeness (QED) is 0.381. The van der Waals surface area contributed by atoms with Crippen molar-refractivity contribution in [1.82, 2.24) is 15.3 Å². The van der Waals surface area contributed by atoms with Crippen LogP contribution in [0, 0.1) is 0 Å². The highest BCUT2D eigenvalue weighted by Gasteiger charge is 2.15. The molecule has 0 aliphatic carbocycles. The van der Waals surface area contributed by atoms with E-state index in [2.05, 4.69) is 41.5 Å². The summed E-state index contributed by atoms with van der Waals surface area (Å²) in [5.74, 6) is 1.14. The van der Waals surface area contributed by atoms with E-state index in [0.717, 1.165) is 40.5 Å². The van der Waals surface area contributed by atoms with E-state index in [1.54, 1.807) is 7.11 Å². The van der Waals surface area contributed by atoms with E-state index in [1.807, 2.05) is 30.3 Å². The standard InChI is InChI=1S/C23H27N3O2S/c1-3-17-10-12-19(13-11-17)22-25-21(18-8-5-4-6-9-18)23(26-22)29-16-20(27)24-14-7-15-28-2/h4-6,8-13H,3,7,14-16H2,1-2H3,(H,24,27)(H,25,26). The fraction of sp³-hybridized carbons (Fsp3) is 0.304. The normalized spacial score (nSPS) is 10.8. The van der Waals surface area contributed by atoms with Crippen LogP contribution in [0.2, 0.25) is 0 Å². The predicted molar refractivity (Wildman–Crippen MR) is 119 cm³/mol. The number of hydrogen-bond acceptors (Lipinski definition) is 4. The average Bonchev–Trinajstić information content (AvgIpc) is 3.20. The molecule has 0 fully saturated rings. The molecule has 2 aromatic carbocycles. The minimum absolute atomic E-state index is 0.00182. The van der Waals surface area contributed by atoms with Crippen LogP contribution in [0.4, 0.5) is 0 Å². The summed E-state index contributed by atoms with van der Waals surface area (Å²) >= 11 is 1.45. The van der Waals surface area contributed by atoms with Gasteiger partial charge in [-0.2, -0.15) is 0 Å². The first-order chi connectivity index (χ1) is 14.2. The highest BCUT2D eigenvalue weighted by molar-refractivity contribution is 8.00. The largest absolute Gasteiger partial charge is 0.385 e. The zero-order chi connectivity index (χ0) is 20.5. The van der Waals surface area contributed by atoms with E-state index in [1.165, 1.54) is 17.3 Å². The number of nitrogens with one attached hydrogen (secondary N) is 2. The van der Waals surface area contributed by atoms with Crippen molar-refractivity contribution in [2.75, 3.05) is 26.0 Å². The molecule has 0 saturated carbocycles. The topological polar surface area (TPSA) is 67.0 Å². The van der Waals surface area contributed by atoms with Gasteiger partial charge in [0.1, 0.15) is 10.9 Å². The molecule has 0 atom stereocenters. The van der Waals surface area contributed by atoms with Gasteiger partial charge in [-0.15, -0.1) is 0 Å². The second-order valence-corrected chi connectivity index (χ2v) is 7.63. The molecule has 29 heavy (non-hydrogen) atoms. The Balaban J connectivity index is 1.77. The number of ether oxygens (including phenoxy) is 1. The van der Waals surface area contributed by atoms with Gasteiger partial charge in [0.2, 0.25) is 5.91 Å². The zero-order valence-electron chi connectivity index (χ0n) is 16.9. The third-order valence-corrected chi connectivity index (χ3v) is 5.53. The Kier molecular flexibility index (Phi) is 7.90. The number of aromatic nitrogens is 2. The smallest absolute Gasteiger partial charge is 0.230 e. The van der Waals surface area contributed by atoms with Crippen molar-refractivity contribution in [3.05, 3.63) is 60.2 Å². The van der Waals surface area contributed by atoms with Gasteiger partial charge in [0, 0.05) is 31.4 Å². The van der Waals surface area contributed by atoms with Crippen LogP contribution < -0.4 is 5.32 Å². The van der Waals surface area contributed by atoms with E-state index in [9.17, 15) is 4.79 Å². The second kappa shape index (κ2) is 10.8. The first kappa shape index (κ1) is 21.1. The maximum atomic E-state index is 12.2. The molecule has 5 nitrogen and oxygen atoms in total. The monoisotopic (exact) mass is 409 g/mol. The Morgan fingerprint density at radius 3 is 2.55 bits per heavy atom. The molecular formula is C23H27N3O2S. The van der Waals surface area contributed by atoms with Crippen LogP contribution in [0.5, 0.6) is 0 Å². The summed E-state index contributed by atoms with van der Waals surface area (Å²) in [7, 11) is 1.66. The Bertz CT molecular complexity index is 908. The van der Waals surface area contributed by atoms with Gasteiger partial charge in [0.25, 0.3) is 0 Å². The van der Waals surface area contributed by atoms with Crippen molar-refractivity contribution in [2.24, 2.45) is 0 Å². The molecule has 1 heterocycles. The molecule has 0 aliphatic rings. The van der Waals surface area contributed by atoms with Crippen LogP contribution in [0.3, 0.4) is 0 Å². The lowest BCUT2D eigenvalue weighted by Gasteiger charge is -2.05. The molecule has 1 amide bonds.